The number of aryl methyl sites for hydroxylation is 1. The van der Waals surface area contributed by atoms with Gasteiger partial charge in [0, 0.05) is 0 Å². The lowest BCUT2D eigenvalue weighted by Gasteiger charge is -2.29. The van der Waals surface area contributed by atoms with E-state index in [-0.39, 0.29) is 12.5 Å². The molecule has 0 heterocycles. The zero-order chi connectivity index (χ0) is 23.7. The van der Waals surface area contributed by atoms with Crippen LogP contribution in [0.15, 0.2) is 67.8 Å². The average Bonchev–Trinajstić information content (AvgIpc) is 2.82. The van der Waals surface area contributed by atoms with Crippen LogP contribution in [0.25, 0.3) is 0 Å². The summed E-state index contributed by atoms with van der Waals surface area (Å²) in [7, 11) is 0. The van der Waals surface area contributed by atoms with E-state index < -0.39 is 17.5 Å². The molecule has 1 fully saturated rings. The highest BCUT2D eigenvalue weighted by atomic mass is 19.3. The number of hydrogen-bond acceptors (Lipinski definition) is 1. The molecule has 0 atom stereocenters. The molecule has 0 amide bonds. The van der Waals surface area contributed by atoms with E-state index in [4.69, 9.17) is 4.74 Å². The standard InChI is InChI=1S/C29H35F3O/c1-3-5-7-22-9-11-24(12-10-22)19-20-33-29(31,32)27-18-17-26(21-28(27)30)25-15-13-23(14-16-25)8-6-4-2/h3-4,9-12,17-18,21,23,25H,1-2,5-8,13-16,19-20H2/t23-,25-. The van der Waals surface area contributed by atoms with Crippen molar-refractivity contribution in [1.82, 2.24) is 0 Å². The molecular formula is C29H35F3O. The highest BCUT2D eigenvalue weighted by Gasteiger charge is 2.36. The van der Waals surface area contributed by atoms with E-state index >= 15 is 0 Å². The van der Waals surface area contributed by atoms with Crippen LogP contribution in [0.5, 0.6) is 0 Å². The van der Waals surface area contributed by atoms with Crippen molar-refractivity contribution in [3.8, 4) is 0 Å². The second kappa shape index (κ2) is 12.2. The van der Waals surface area contributed by atoms with Crippen LogP contribution >= 0.6 is 0 Å². The SMILES string of the molecule is C=CCCc1ccc(CCOC(F)(F)c2ccc([C@H]3CC[C@H](CCC=C)CC3)cc2F)cc1. The summed E-state index contributed by atoms with van der Waals surface area (Å²) in [6, 6.07) is 11.9. The van der Waals surface area contributed by atoms with E-state index in [0.717, 1.165) is 62.5 Å². The van der Waals surface area contributed by atoms with Crippen LogP contribution in [0, 0.1) is 11.7 Å². The Hall–Kier alpha value is -2.33. The molecule has 0 radical (unpaired) electrons. The Morgan fingerprint density at radius 2 is 1.52 bits per heavy atom. The van der Waals surface area contributed by atoms with Crippen molar-refractivity contribution in [3.05, 3.63) is 95.8 Å². The number of halogens is 3. The third kappa shape index (κ3) is 7.33. The molecule has 0 unspecified atom stereocenters. The molecule has 2 aromatic rings. The fourth-order valence-electron chi connectivity index (χ4n) is 4.68. The largest absolute Gasteiger partial charge is 0.386 e. The fourth-order valence-corrected chi connectivity index (χ4v) is 4.68. The van der Waals surface area contributed by atoms with Crippen molar-refractivity contribution >= 4 is 0 Å². The minimum absolute atomic E-state index is 0.186. The summed E-state index contributed by atoms with van der Waals surface area (Å²) in [5, 5.41) is 0. The topological polar surface area (TPSA) is 9.23 Å². The van der Waals surface area contributed by atoms with Crippen LogP contribution in [0.4, 0.5) is 13.2 Å². The molecule has 3 rings (SSSR count). The van der Waals surface area contributed by atoms with Gasteiger partial charge in [0.1, 0.15) is 5.82 Å². The molecule has 1 nitrogen and oxygen atoms in total. The Kier molecular flexibility index (Phi) is 9.37. The van der Waals surface area contributed by atoms with Crippen molar-refractivity contribution in [1.29, 1.82) is 0 Å². The number of benzene rings is 2. The lowest BCUT2D eigenvalue weighted by Crippen LogP contribution is -2.22. The van der Waals surface area contributed by atoms with Gasteiger partial charge in [0.15, 0.2) is 0 Å². The smallest absolute Gasteiger partial charge is 0.316 e. The molecule has 2 aromatic carbocycles. The normalized spacial score (nSPS) is 18.8. The lowest BCUT2D eigenvalue weighted by molar-refractivity contribution is -0.249. The highest BCUT2D eigenvalue weighted by Crippen LogP contribution is 2.39. The summed E-state index contributed by atoms with van der Waals surface area (Å²) in [6.45, 7) is 7.30. The van der Waals surface area contributed by atoms with Crippen LogP contribution < -0.4 is 0 Å². The minimum Gasteiger partial charge on any atom is -0.316 e. The Balaban J connectivity index is 1.53. The molecule has 0 N–H and O–H groups in total. The molecule has 1 saturated carbocycles. The molecule has 0 saturated heterocycles. The van der Waals surface area contributed by atoms with E-state index in [9.17, 15) is 13.2 Å². The molecule has 4 heteroatoms. The fraction of sp³-hybridized carbons (Fsp3) is 0.448. The summed E-state index contributed by atoms with van der Waals surface area (Å²) >= 11 is 0. The number of rotatable bonds is 12. The molecule has 0 aromatic heterocycles. The first-order valence-electron chi connectivity index (χ1n) is 12.0. The Morgan fingerprint density at radius 1 is 0.879 bits per heavy atom. The predicted octanol–water partition coefficient (Wildman–Crippen LogP) is 8.49. The van der Waals surface area contributed by atoms with Gasteiger partial charge < -0.3 is 4.74 Å². The molecule has 0 aliphatic heterocycles. The van der Waals surface area contributed by atoms with Gasteiger partial charge in [0.2, 0.25) is 0 Å². The van der Waals surface area contributed by atoms with E-state index in [1.807, 2.05) is 36.4 Å². The summed E-state index contributed by atoms with van der Waals surface area (Å²) in [5.74, 6) is 0.0276. The van der Waals surface area contributed by atoms with Gasteiger partial charge in [-0.3, -0.25) is 0 Å². The van der Waals surface area contributed by atoms with E-state index in [1.165, 1.54) is 17.7 Å². The molecule has 1 aliphatic carbocycles. The van der Waals surface area contributed by atoms with Crippen molar-refractivity contribution in [3.63, 3.8) is 0 Å². The third-order valence-electron chi connectivity index (χ3n) is 6.74. The van der Waals surface area contributed by atoms with E-state index in [0.29, 0.717) is 12.3 Å². The summed E-state index contributed by atoms with van der Waals surface area (Å²) in [5.41, 5.74) is 2.21. The van der Waals surface area contributed by atoms with Crippen molar-refractivity contribution < 1.29 is 17.9 Å². The molecular weight excluding hydrogens is 421 g/mol. The predicted molar refractivity (Wildman–Crippen MR) is 129 cm³/mol. The van der Waals surface area contributed by atoms with Gasteiger partial charge in [-0.15, -0.1) is 13.2 Å². The summed E-state index contributed by atoms with van der Waals surface area (Å²) in [6.07, 6.45) is 8.60. The van der Waals surface area contributed by atoms with Crippen LogP contribution in [0.2, 0.25) is 0 Å². The lowest BCUT2D eigenvalue weighted by atomic mass is 9.77. The maximum absolute atomic E-state index is 14.7. The van der Waals surface area contributed by atoms with Crippen molar-refractivity contribution in [2.24, 2.45) is 5.92 Å². The summed E-state index contributed by atoms with van der Waals surface area (Å²) in [4.78, 5) is 0. The first-order chi connectivity index (χ1) is 15.9. The first-order valence-corrected chi connectivity index (χ1v) is 12.0. The quantitative estimate of drug-likeness (QED) is 0.291. The Labute approximate surface area is 196 Å². The van der Waals surface area contributed by atoms with Gasteiger partial charge in [-0.2, -0.15) is 8.78 Å². The second-order valence-electron chi connectivity index (χ2n) is 9.08. The van der Waals surface area contributed by atoms with Gasteiger partial charge >= 0.3 is 6.11 Å². The van der Waals surface area contributed by atoms with Crippen LogP contribution in [-0.2, 0) is 23.7 Å². The second-order valence-corrected chi connectivity index (χ2v) is 9.08. The van der Waals surface area contributed by atoms with Gasteiger partial charge in [-0.25, -0.2) is 4.39 Å². The highest BCUT2D eigenvalue weighted by molar-refractivity contribution is 5.29. The number of alkyl halides is 2. The van der Waals surface area contributed by atoms with Crippen LogP contribution in [-0.4, -0.2) is 6.61 Å². The zero-order valence-electron chi connectivity index (χ0n) is 19.4. The maximum atomic E-state index is 14.7. The molecule has 0 spiro atoms. The monoisotopic (exact) mass is 456 g/mol. The van der Waals surface area contributed by atoms with Gasteiger partial charge in [0.05, 0.1) is 12.2 Å². The molecule has 1 aliphatic rings. The van der Waals surface area contributed by atoms with Crippen LogP contribution in [0.3, 0.4) is 0 Å². The van der Waals surface area contributed by atoms with Crippen molar-refractivity contribution in [2.75, 3.05) is 6.61 Å². The third-order valence-corrected chi connectivity index (χ3v) is 6.74. The summed E-state index contributed by atoms with van der Waals surface area (Å²) < 4.78 is 48.7. The average molecular weight is 457 g/mol. The molecule has 33 heavy (non-hydrogen) atoms. The van der Waals surface area contributed by atoms with Gasteiger partial charge in [-0.05, 0) is 98.4 Å². The molecule has 178 valence electrons. The van der Waals surface area contributed by atoms with Crippen LogP contribution in [0.1, 0.15) is 73.1 Å². The number of hydrogen-bond donors (Lipinski definition) is 0. The Bertz CT molecular complexity index is 896. The number of ether oxygens (including phenoxy) is 1. The minimum atomic E-state index is -3.66. The van der Waals surface area contributed by atoms with E-state index in [1.54, 1.807) is 6.07 Å². The Morgan fingerprint density at radius 3 is 2.12 bits per heavy atom. The maximum Gasteiger partial charge on any atom is 0.386 e. The van der Waals surface area contributed by atoms with Gasteiger partial charge in [0.25, 0.3) is 0 Å². The van der Waals surface area contributed by atoms with Crippen molar-refractivity contribution in [2.45, 2.75) is 69.8 Å². The zero-order valence-corrected chi connectivity index (χ0v) is 19.4. The first kappa shape index (κ1) is 25.3. The number of allylic oxidation sites excluding steroid dienone is 2. The van der Waals surface area contributed by atoms with E-state index in [2.05, 4.69) is 13.2 Å². The van der Waals surface area contributed by atoms with Gasteiger partial charge in [-0.1, -0.05) is 42.5 Å². The molecule has 0 bridgehead atoms.